The third kappa shape index (κ3) is 5.01. The van der Waals surface area contributed by atoms with Gasteiger partial charge in [0.1, 0.15) is 0 Å². The Labute approximate surface area is 96.8 Å². The van der Waals surface area contributed by atoms with Gasteiger partial charge in [-0.05, 0) is 36.6 Å². The molecule has 15 heavy (non-hydrogen) atoms. The molecule has 0 bridgehead atoms. The van der Waals surface area contributed by atoms with Gasteiger partial charge in [0.25, 0.3) is 0 Å². The van der Waals surface area contributed by atoms with Crippen LogP contribution in [0.2, 0.25) is 0 Å². The molecule has 0 spiro atoms. The Kier molecular flexibility index (Phi) is 8.13. The van der Waals surface area contributed by atoms with E-state index in [2.05, 4.69) is 34.6 Å². The zero-order valence-electron chi connectivity index (χ0n) is 11.4. The molecule has 0 fully saturated rings. The normalized spacial score (nSPS) is 19.6. The Hall–Kier alpha value is -0.0400. The van der Waals surface area contributed by atoms with Crippen molar-refractivity contribution in [2.24, 2.45) is 29.4 Å². The molecule has 0 aliphatic rings. The van der Waals surface area contributed by atoms with Crippen LogP contribution in [0.1, 0.15) is 60.3 Å². The van der Waals surface area contributed by atoms with Crippen molar-refractivity contribution in [3.8, 4) is 0 Å². The summed E-state index contributed by atoms with van der Waals surface area (Å²) < 4.78 is 0. The van der Waals surface area contributed by atoms with Gasteiger partial charge in [-0.25, -0.2) is 0 Å². The van der Waals surface area contributed by atoms with Crippen molar-refractivity contribution in [2.75, 3.05) is 6.54 Å². The minimum Gasteiger partial charge on any atom is -0.330 e. The molecular formula is C14H31N. The second-order valence-electron chi connectivity index (χ2n) is 5.23. The van der Waals surface area contributed by atoms with Gasteiger partial charge in [-0.1, -0.05) is 53.9 Å². The fourth-order valence-electron chi connectivity index (χ4n) is 2.68. The van der Waals surface area contributed by atoms with Crippen molar-refractivity contribution < 1.29 is 0 Å². The van der Waals surface area contributed by atoms with E-state index in [9.17, 15) is 0 Å². The predicted molar refractivity (Wildman–Crippen MR) is 69.9 cm³/mol. The van der Waals surface area contributed by atoms with Crippen LogP contribution in [0.15, 0.2) is 0 Å². The summed E-state index contributed by atoms with van der Waals surface area (Å²) in [6.45, 7) is 12.7. The quantitative estimate of drug-likeness (QED) is 0.646. The lowest BCUT2D eigenvalue weighted by molar-refractivity contribution is 0.183. The molecule has 0 amide bonds. The zero-order valence-corrected chi connectivity index (χ0v) is 11.4. The van der Waals surface area contributed by atoms with Crippen molar-refractivity contribution in [1.82, 2.24) is 0 Å². The molecule has 0 aliphatic heterocycles. The third-order valence-corrected chi connectivity index (χ3v) is 4.28. The van der Waals surface area contributed by atoms with Crippen molar-refractivity contribution in [3.05, 3.63) is 0 Å². The third-order valence-electron chi connectivity index (χ3n) is 4.28. The standard InChI is InChI=1S/C14H31N/c1-6-8-14(7-2)13(5)12(4)11(3)9-10-15/h11-14H,6-10,15H2,1-5H3. The second-order valence-corrected chi connectivity index (χ2v) is 5.23. The lowest BCUT2D eigenvalue weighted by atomic mass is 9.74. The molecule has 0 aromatic carbocycles. The summed E-state index contributed by atoms with van der Waals surface area (Å²) in [7, 11) is 0. The Morgan fingerprint density at radius 3 is 1.93 bits per heavy atom. The molecule has 1 nitrogen and oxygen atoms in total. The van der Waals surface area contributed by atoms with E-state index in [0.29, 0.717) is 0 Å². The first-order valence-electron chi connectivity index (χ1n) is 6.78. The highest BCUT2D eigenvalue weighted by Gasteiger charge is 2.24. The SMILES string of the molecule is CCCC(CC)C(C)C(C)C(C)CCN. The maximum Gasteiger partial charge on any atom is -0.00746 e. The molecule has 0 rings (SSSR count). The van der Waals surface area contributed by atoms with E-state index in [1.54, 1.807) is 0 Å². The van der Waals surface area contributed by atoms with Crippen molar-refractivity contribution in [2.45, 2.75) is 60.3 Å². The number of hydrogen-bond acceptors (Lipinski definition) is 1. The Balaban J connectivity index is 4.19. The summed E-state index contributed by atoms with van der Waals surface area (Å²) >= 11 is 0. The maximum absolute atomic E-state index is 5.63. The summed E-state index contributed by atoms with van der Waals surface area (Å²) in [5.74, 6) is 3.34. The number of rotatable bonds is 8. The van der Waals surface area contributed by atoms with Crippen LogP contribution < -0.4 is 5.73 Å². The largest absolute Gasteiger partial charge is 0.330 e. The van der Waals surface area contributed by atoms with Gasteiger partial charge in [-0.3, -0.25) is 0 Å². The zero-order chi connectivity index (χ0) is 11.8. The highest BCUT2D eigenvalue weighted by molar-refractivity contribution is 4.74. The van der Waals surface area contributed by atoms with E-state index in [4.69, 9.17) is 5.73 Å². The first kappa shape index (κ1) is 15.0. The molecule has 1 heteroatoms. The molecule has 0 saturated carbocycles. The number of nitrogens with two attached hydrogens (primary N) is 1. The highest BCUT2D eigenvalue weighted by Crippen LogP contribution is 2.32. The summed E-state index contributed by atoms with van der Waals surface area (Å²) in [6.07, 6.45) is 5.21. The molecule has 2 N–H and O–H groups in total. The molecule has 0 aromatic heterocycles. The van der Waals surface area contributed by atoms with E-state index in [-0.39, 0.29) is 0 Å². The van der Waals surface area contributed by atoms with Gasteiger partial charge < -0.3 is 5.73 Å². The molecule has 0 aromatic rings. The van der Waals surface area contributed by atoms with Gasteiger partial charge in [0, 0.05) is 0 Å². The molecular weight excluding hydrogens is 182 g/mol. The van der Waals surface area contributed by atoms with Crippen LogP contribution in [0.4, 0.5) is 0 Å². The van der Waals surface area contributed by atoms with Crippen LogP contribution >= 0.6 is 0 Å². The topological polar surface area (TPSA) is 26.0 Å². The van der Waals surface area contributed by atoms with Gasteiger partial charge in [-0.2, -0.15) is 0 Å². The highest BCUT2D eigenvalue weighted by atomic mass is 14.5. The molecule has 0 aliphatic carbocycles. The number of hydrogen-bond donors (Lipinski definition) is 1. The average molecular weight is 213 g/mol. The molecule has 0 radical (unpaired) electrons. The van der Waals surface area contributed by atoms with Crippen LogP contribution in [-0.4, -0.2) is 6.54 Å². The van der Waals surface area contributed by atoms with Gasteiger partial charge in [0.05, 0.1) is 0 Å². The van der Waals surface area contributed by atoms with Crippen LogP contribution in [0, 0.1) is 23.7 Å². The minimum atomic E-state index is 0.774. The van der Waals surface area contributed by atoms with Crippen LogP contribution in [0.25, 0.3) is 0 Å². The van der Waals surface area contributed by atoms with Gasteiger partial charge >= 0.3 is 0 Å². The molecule has 4 atom stereocenters. The molecule has 0 heterocycles. The van der Waals surface area contributed by atoms with Crippen molar-refractivity contribution >= 4 is 0 Å². The summed E-state index contributed by atoms with van der Waals surface area (Å²) in [6, 6.07) is 0. The van der Waals surface area contributed by atoms with E-state index < -0.39 is 0 Å². The summed E-state index contributed by atoms with van der Waals surface area (Å²) in [5.41, 5.74) is 5.63. The van der Waals surface area contributed by atoms with E-state index in [1.807, 2.05) is 0 Å². The Bertz CT molecular complexity index is 144. The smallest absolute Gasteiger partial charge is 0.00746 e. The lowest BCUT2D eigenvalue weighted by Gasteiger charge is -2.32. The average Bonchev–Trinajstić information content (AvgIpc) is 2.24. The van der Waals surface area contributed by atoms with E-state index in [0.717, 1.165) is 30.2 Å². The fraction of sp³-hybridized carbons (Fsp3) is 1.00. The minimum absolute atomic E-state index is 0.774. The van der Waals surface area contributed by atoms with Crippen LogP contribution in [-0.2, 0) is 0 Å². The van der Waals surface area contributed by atoms with E-state index in [1.165, 1.54) is 25.7 Å². The predicted octanol–water partition coefficient (Wildman–Crippen LogP) is 4.07. The second kappa shape index (κ2) is 8.15. The van der Waals surface area contributed by atoms with E-state index >= 15 is 0 Å². The van der Waals surface area contributed by atoms with Gasteiger partial charge in [0.15, 0.2) is 0 Å². The fourth-order valence-corrected chi connectivity index (χ4v) is 2.68. The summed E-state index contributed by atoms with van der Waals surface area (Å²) in [5, 5.41) is 0. The Morgan fingerprint density at radius 2 is 1.53 bits per heavy atom. The Morgan fingerprint density at radius 1 is 0.933 bits per heavy atom. The van der Waals surface area contributed by atoms with Crippen LogP contribution in [0.5, 0.6) is 0 Å². The molecule has 0 saturated heterocycles. The lowest BCUT2D eigenvalue weighted by Crippen LogP contribution is -2.25. The summed E-state index contributed by atoms with van der Waals surface area (Å²) in [4.78, 5) is 0. The monoisotopic (exact) mass is 213 g/mol. The van der Waals surface area contributed by atoms with Crippen LogP contribution in [0.3, 0.4) is 0 Å². The molecule has 92 valence electrons. The van der Waals surface area contributed by atoms with Gasteiger partial charge in [0.2, 0.25) is 0 Å². The van der Waals surface area contributed by atoms with Crippen molar-refractivity contribution in [3.63, 3.8) is 0 Å². The maximum atomic E-state index is 5.63. The van der Waals surface area contributed by atoms with Crippen molar-refractivity contribution in [1.29, 1.82) is 0 Å². The molecule has 4 unspecified atom stereocenters. The van der Waals surface area contributed by atoms with Gasteiger partial charge in [-0.15, -0.1) is 0 Å². The first-order valence-corrected chi connectivity index (χ1v) is 6.78. The first-order chi connectivity index (χ1) is 7.08.